The van der Waals surface area contributed by atoms with Crippen molar-refractivity contribution < 1.29 is 18.0 Å². The number of amides is 1. The molecule has 1 amide bonds. The van der Waals surface area contributed by atoms with Crippen molar-refractivity contribution in [3.8, 4) is 11.4 Å². The van der Waals surface area contributed by atoms with E-state index in [1.165, 1.54) is 0 Å². The lowest BCUT2D eigenvalue weighted by atomic mass is 10.1. The molecule has 2 N–H and O–H groups in total. The molecule has 0 saturated carbocycles. The van der Waals surface area contributed by atoms with Gasteiger partial charge in [-0.2, -0.15) is 13.2 Å². The smallest absolute Gasteiger partial charge is 0.366 e. The molecule has 1 aromatic heterocycles. The lowest BCUT2D eigenvalue weighted by Gasteiger charge is -2.24. The van der Waals surface area contributed by atoms with Crippen LogP contribution in [0.5, 0.6) is 0 Å². The van der Waals surface area contributed by atoms with E-state index in [2.05, 4.69) is 23.7 Å². The Balaban J connectivity index is 1.92. The lowest BCUT2D eigenvalue weighted by Crippen LogP contribution is -2.29. The Hall–Kier alpha value is -3.13. The molecule has 3 aromatic rings. The van der Waals surface area contributed by atoms with E-state index in [0.29, 0.717) is 42.5 Å². The number of rotatable bonds is 13. The van der Waals surface area contributed by atoms with Gasteiger partial charge in [0.1, 0.15) is 5.82 Å². The van der Waals surface area contributed by atoms with Gasteiger partial charge in [-0.3, -0.25) is 9.69 Å². The highest BCUT2D eigenvalue weighted by atomic mass is 19.4. The molecule has 0 spiro atoms. The Morgan fingerprint density at radius 3 is 2.30 bits per heavy atom. The Morgan fingerprint density at radius 1 is 1.05 bits per heavy atom. The molecule has 37 heavy (non-hydrogen) atoms. The van der Waals surface area contributed by atoms with Crippen molar-refractivity contribution in [2.45, 2.75) is 65.7 Å². The Morgan fingerprint density at radius 2 is 1.73 bits per heavy atom. The van der Waals surface area contributed by atoms with Crippen LogP contribution in [0.4, 0.5) is 13.2 Å². The summed E-state index contributed by atoms with van der Waals surface area (Å²) in [6.07, 6.45) is -1.74. The molecular formula is C29H37F3N4O. The zero-order valence-corrected chi connectivity index (χ0v) is 21.9. The van der Waals surface area contributed by atoms with Crippen LogP contribution in [0, 0.1) is 5.92 Å². The summed E-state index contributed by atoms with van der Waals surface area (Å²) < 4.78 is 44.3. The molecule has 5 nitrogen and oxygen atoms in total. The van der Waals surface area contributed by atoms with Gasteiger partial charge >= 0.3 is 6.18 Å². The quantitative estimate of drug-likeness (QED) is 0.281. The molecule has 2 aromatic carbocycles. The van der Waals surface area contributed by atoms with Gasteiger partial charge in [0, 0.05) is 37.2 Å². The molecule has 0 aliphatic heterocycles. The van der Waals surface area contributed by atoms with E-state index < -0.39 is 17.8 Å². The number of aromatic nitrogens is 2. The summed E-state index contributed by atoms with van der Waals surface area (Å²) >= 11 is 0. The molecule has 1 heterocycles. The van der Waals surface area contributed by atoms with Crippen molar-refractivity contribution in [3.63, 3.8) is 0 Å². The first-order valence-corrected chi connectivity index (χ1v) is 12.9. The lowest BCUT2D eigenvalue weighted by molar-refractivity contribution is -0.141. The van der Waals surface area contributed by atoms with Gasteiger partial charge in [0.25, 0.3) is 0 Å². The number of primary amides is 1. The van der Waals surface area contributed by atoms with Crippen molar-refractivity contribution in [1.82, 2.24) is 14.5 Å². The minimum Gasteiger partial charge on any atom is -0.366 e. The number of nitrogens with two attached hydrogens (primary N) is 1. The fourth-order valence-electron chi connectivity index (χ4n) is 4.34. The number of unbranched alkanes of at least 4 members (excludes halogenated alkanes) is 1. The summed E-state index contributed by atoms with van der Waals surface area (Å²) in [5.41, 5.74) is 6.88. The van der Waals surface area contributed by atoms with Gasteiger partial charge < -0.3 is 10.3 Å². The Bertz CT molecular complexity index is 1140. The standard InChI is InChI=1S/C29H37F3N4O/c1-4-5-17-36-25(26(29(30,31)32)34-28(36)24-9-7-6-8-10-24)16-19-35(18-15-21(2)3)20-22-11-13-23(14-12-22)27(33)37/h6-14,21H,4-5,15-20H2,1-3H3,(H2,33,37). The number of halogens is 3. The maximum absolute atomic E-state index is 14.2. The topological polar surface area (TPSA) is 64.2 Å². The SMILES string of the molecule is CCCCn1c(-c2ccccc2)nc(C(F)(F)F)c1CCN(CCC(C)C)Cc1ccc(C(N)=O)cc1. The molecule has 8 heteroatoms. The number of alkyl halides is 3. The van der Waals surface area contributed by atoms with Crippen molar-refractivity contribution >= 4 is 5.91 Å². The van der Waals surface area contributed by atoms with Crippen LogP contribution in [0.3, 0.4) is 0 Å². The minimum atomic E-state index is -4.54. The van der Waals surface area contributed by atoms with E-state index in [0.717, 1.165) is 31.4 Å². The molecule has 0 bridgehead atoms. The average molecular weight is 515 g/mol. The highest BCUT2D eigenvalue weighted by Gasteiger charge is 2.39. The van der Waals surface area contributed by atoms with Gasteiger partial charge in [-0.25, -0.2) is 4.98 Å². The van der Waals surface area contributed by atoms with E-state index in [4.69, 9.17) is 5.73 Å². The summed E-state index contributed by atoms with van der Waals surface area (Å²) in [4.78, 5) is 17.7. The third-order valence-electron chi connectivity index (χ3n) is 6.44. The largest absolute Gasteiger partial charge is 0.435 e. The number of carbonyl (C=O) groups excluding carboxylic acids is 1. The predicted molar refractivity (Wildman–Crippen MR) is 141 cm³/mol. The minimum absolute atomic E-state index is 0.232. The normalized spacial score (nSPS) is 12.0. The maximum Gasteiger partial charge on any atom is 0.435 e. The monoisotopic (exact) mass is 514 g/mol. The first-order valence-electron chi connectivity index (χ1n) is 12.9. The summed E-state index contributed by atoms with van der Waals surface area (Å²) in [7, 11) is 0. The first-order chi connectivity index (χ1) is 17.6. The highest BCUT2D eigenvalue weighted by molar-refractivity contribution is 5.92. The molecule has 200 valence electrons. The zero-order valence-electron chi connectivity index (χ0n) is 21.9. The third-order valence-corrected chi connectivity index (χ3v) is 6.44. The van der Waals surface area contributed by atoms with Crippen LogP contribution in [0.2, 0.25) is 0 Å². The van der Waals surface area contributed by atoms with Gasteiger partial charge in [0.2, 0.25) is 5.91 Å². The second-order valence-corrected chi connectivity index (χ2v) is 9.87. The fraction of sp³-hybridized carbons (Fsp3) is 0.448. The van der Waals surface area contributed by atoms with Crippen molar-refractivity contribution in [2.24, 2.45) is 11.7 Å². The third kappa shape index (κ3) is 7.92. The van der Waals surface area contributed by atoms with Crippen LogP contribution in [-0.4, -0.2) is 33.4 Å². The van der Waals surface area contributed by atoms with Gasteiger partial charge in [0.15, 0.2) is 5.69 Å². The number of imidazole rings is 1. The van der Waals surface area contributed by atoms with Crippen LogP contribution in [0.25, 0.3) is 11.4 Å². The number of hydrogen-bond donors (Lipinski definition) is 1. The summed E-state index contributed by atoms with van der Waals surface area (Å²) in [6, 6.07) is 16.2. The molecule has 0 fully saturated rings. The van der Waals surface area contributed by atoms with E-state index in [9.17, 15) is 18.0 Å². The Kier molecular flexibility index (Phi) is 9.92. The second-order valence-electron chi connectivity index (χ2n) is 9.87. The summed E-state index contributed by atoms with van der Waals surface area (Å²) in [5, 5.41) is 0. The van der Waals surface area contributed by atoms with Crippen molar-refractivity contribution in [2.75, 3.05) is 13.1 Å². The molecule has 0 saturated heterocycles. The van der Waals surface area contributed by atoms with E-state index in [-0.39, 0.29) is 12.1 Å². The predicted octanol–water partition coefficient (Wildman–Crippen LogP) is 6.56. The molecule has 0 aliphatic rings. The van der Waals surface area contributed by atoms with Gasteiger partial charge in [0.05, 0.1) is 5.69 Å². The van der Waals surface area contributed by atoms with Crippen molar-refractivity contribution in [3.05, 3.63) is 77.1 Å². The Labute approximate surface area is 217 Å². The zero-order chi connectivity index (χ0) is 27.0. The second kappa shape index (κ2) is 12.9. The van der Waals surface area contributed by atoms with Gasteiger partial charge in [-0.15, -0.1) is 0 Å². The van der Waals surface area contributed by atoms with Crippen LogP contribution in [-0.2, 0) is 25.7 Å². The number of carbonyl (C=O) groups is 1. The van der Waals surface area contributed by atoms with E-state index in [1.807, 2.05) is 37.3 Å². The van der Waals surface area contributed by atoms with Crippen LogP contribution in [0.1, 0.15) is 67.3 Å². The molecule has 0 unspecified atom stereocenters. The van der Waals surface area contributed by atoms with Crippen molar-refractivity contribution in [1.29, 1.82) is 0 Å². The molecule has 0 atom stereocenters. The molecular weight excluding hydrogens is 477 g/mol. The summed E-state index contributed by atoms with van der Waals surface area (Å²) in [5.74, 6) is 0.342. The average Bonchev–Trinajstić information content (AvgIpc) is 3.24. The first kappa shape index (κ1) is 28.4. The highest BCUT2D eigenvalue weighted by Crippen LogP contribution is 2.35. The van der Waals surface area contributed by atoms with Crippen LogP contribution < -0.4 is 5.73 Å². The van der Waals surface area contributed by atoms with Gasteiger partial charge in [-0.1, -0.05) is 69.7 Å². The number of hydrogen-bond acceptors (Lipinski definition) is 3. The molecule has 0 aliphatic carbocycles. The number of nitrogens with zero attached hydrogens (tertiary/aromatic N) is 3. The van der Waals surface area contributed by atoms with Crippen LogP contribution >= 0.6 is 0 Å². The van der Waals surface area contributed by atoms with Gasteiger partial charge in [-0.05, 0) is 43.0 Å². The fourth-order valence-corrected chi connectivity index (χ4v) is 4.34. The van der Waals surface area contributed by atoms with E-state index in [1.54, 1.807) is 28.8 Å². The molecule has 3 rings (SSSR count). The molecule has 0 radical (unpaired) electrons. The van der Waals surface area contributed by atoms with Crippen LogP contribution in [0.15, 0.2) is 54.6 Å². The number of benzene rings is 2. The maximum atomic E-state index is 14.2. The summed E-state index contributed by atoms with van der Waals surface area (Å²) in [6.45, 7) is 8.56. The van der Waals surface area contributed by atoms with E-state index >= 15 is 0 Å².